The van der Waals surface area contributed by atoms with Crippen molar-refractivity contribution in [3.05, 3.63) is 47.4 Å². The van der Waals surface area contributed by atoms with E-state index >= 15 is 0 Å². The van der Waals surface area contributed by atoms with Crippen LogP contribution >= 0.6 is 0 Å². The molecule has 2 aromatic heterocycles. The van der Waals surface area contributed by atoms with Crippen molar-refractivity contribution in [3.63, 3.8) is 0 Å². The predicted octanol–water partition coefficient (Wildman–Crippen LogP) is 1.66. The molecule has 2 aromatic rings. The second kappa shape index (κ2) is 7.17. The molecule has 1 amide bonds. The smallest absolute Gasteiger partial charge is 0.272 e. The normalized spacial score (nSPS) is 23.7. The van der Waals surface area contributed by atoms with Crippen LogP contribution in [-0.2, 0) is 11.3 Å². The molecule has 138 valence electrons. The van der Waals surface area contributed by atoms with Crippen LogP contribution in [0.1, 0.15) is 27.3 Å². The number of hydrogen-bond donors (Lipinski definition) is 0. The van der Waals surface area contributed by atoms with Crippen LogP contribution in [0, 0.1) is 19.8 Å². The molecule has 0 bridgehead atoms. The molecule has 2 aliphatic heterocycles. The highest BCUT2D eigenvalue weighted by molar-refractivity contribution is 5.94. The molecule has 0 aliphatic carbocycles. The highest BCUT2D eigenvalue weighted by atomic mass is 16.5. The molecule has 2 saturated heterocycles. The Bertz CT molecular complexity index is 777. The number of amides is 1. The van der Waals surface area contributed by atoms with Gasteiger partial charge in [0, 0.05) is 55.5 Å². The maximum absolute atomic E-state index is 12.9. The number of carbonyl (C=O) groups is 1. The maximum Gasteiger partial charge on any atom is 0.272 e. The summed E-state index contributed by atoms with van der Waals surface area (Å²) in [6.45, 7) is 8.49. The Kier molecular flexibility index (Phi) is 4.74. The van der Waals surface area contributed by atoms with Gasteiger partial charge in [-0.25, -0.2) is 9.97 Å². The molecule has 2 fully saturated rings. The average molecular weight is 356 g/mol. The molecule has 7 nitrogen and oxygen atoms in total. The van der Waals surface area contributed by atoms with Crippen LogP contribution in [0.5, 0.6) is 0 Å². The SMILES string of the molecule is Cc1ncnc(C(=O)N2C[C@@H]3CN(Cc4ccoc4)CCO[C@@H]3C2)c1C. The number of likely N-dealkylation sites (tertiary alicyclic amines) is 1. The van der Waals surface area contributed by atoms with Gasteiger partial charge in [0.25, 0.3) is 5.91 Å². The molecule has 0 aromatic carbocycles. The third-order valence-electron chi connectivity index (χ3n) is 5.43. The van der Waals surface area contributed by atoms with E-state index in [1.165, 1.54) is 11.9 Å². The van der Waals surface area contributed by atoms with Gasteiger partial charge in [-0.3, -0.25) is 9.69 Å². The van der Waals surface area contributed by atoms with Crippen molar-refractivity contribution in [2.75, 3.05) is 32.8 Å². The number of nitrogens with zero attached hydrogens (tertiary/aromatic N) is 4. The Balaban J connectivity index is 1.45. The van der Waals surface area contributed by atoms with E-state index in [2.05, 4.69) is 14.9 Å². The Hall–Kier alpha value is -2.25. The van der Waals surface area contributed by atoms with Crippen molar-refractivity contribution in [2.24, 2.45) is 5.92 Å². The topological polar surface area (TPSA) is 71.7 Å². The molecule has 26 heavy (non-hydrogen) atoms. The summed E-state index contributed by atoms with van der Waals surface area (Å²) in [5, 5.41) is 0. The van der Waals surface area contributed by atoms with E-state index in [4.69, 9.17) is 9.15 Å². The Morgan fingerprint density at radius 2 is 2.15 bits per heavy atom. The molecule has 4 rings (SSSR count). The van der Waals surface area contributed by atoms with Crippen molar-refractivity contribution >= 4 is 5.91 Å². The molecular weight excluding hydrogens is 332 g/mol. The fourth-order valence-electron chi connectivity index (χ4n) is 3.82. The molecule has 0 spiro atoms. The lowest BCUT2D eigenvalue weighted by Gasteiger charge is -2.23. The quantitative estimate of drug-likeness (QED) is 0.833. The predicted molar refractivity (Wildman–Crippen MR) is 94.6 cm³/mol. The van der Waals surface area contributed by atoms with Crippen LogP contribution in [0.2, 0.25) is 0 Å². The first-order valence-electron chi connectivity index (χ1n) is 9.04. The minimum absolute atomic E-state index is 0.0222. The number of rotatable bonds is 3. The third kappa shape index (κ3) is 3.37. The summed E-state index contributed by atoms with van der Waals surface area (Å²) in [4.78, 5) is 25.6. The zero-order valence-electron chi connectivity index (χ0n) is 15.2. The van der Waals surface area contributed by atoms with Crippen molar-refractivity contribution in [1.82, 2.24) is 19.8 Å². The summed E-state index contributed by atoms with van der Waals surface area (Å²) in [6.07, 6.45) is 5.05. The van der Waals surface area contributed by atoms with Gasteiger partial charge in [-0.15, -0.1) is 0 Å². The molecule has 2 aliphatic rings. The second-order valence-electron chi connectivity index (χ2n) is 7.18. The number of aromatic nitrogens is 2. The lowest BCUT2D eigenvalue weighted by molar-refractivity contribution is 0.0482. The standard InChI is InChI=1S/C19H24N4O3/c1-13-14(2)20-12-21-18(13)19(24)23-9-16-8-22(4-6-26-17(16)10-23)7-15-3-5-25-11-15/h3,5,11-12,16-17H,4,6-10H2,1-2H3/t16-,17+/m0/s1. The van der Waals surface area contributed by atoms with Crippen LogP contribution < -0.4 is 0 Å². The van der Waals surface area contributed by atoms with Crippen molar-refractivity contribution in [2.45, 2.75) is 26.5 Å². The molecule has 0 saturated carbocycles. The van der Waals surface area contributed by atoms with Crippen molar-refractivity contribution in [3.8, 4) is 0 Å². The largest absolute Gasteiger partial charge is 0.472 e. The second-order valence-corrected chi connectivity index (χ2v) is 7.18. The van der Waals surface area contributed by atoms with Crippen LogP contribution in [0.4, 0.5) is 0 Å². The fourth-order valence-corrected chi connectivity index (χ4v) is 3.82. The van der Waals surface area contributed by atoms with Crippen LogP contribution in [0.3, 0.4) is 0 Å². The summed E-state index contributed by atoms with van der Waals surface area (Å²) < 4.78 is 11.2. The molecule has 0 N–H and O–H groups in total. The molecule has 2 atom stereocenters. The molecule has 4 heterocycles. The van der Waals surface area contributed by atoms with Gasteiger partial charge < -0.3 is 14.1 Å². The van der Waals surface area contributed by atoms with E-state index in [-0.39, 0.29) is 12.0 Å². The summed E-state index contributed by atoms with van der Waals surface area (Å²) >= 11 is 0. The minimum Gasteiger partial charge on any atom is -0.472 e. The number of aryl methyl sites for hydroxylation is 1. The van der Waals surface area contributed by atoms with Crippen LogP contribution in [0.25, 0.3) is 0 Å². The first-order chi connectivity index (χ1) is 12.6. The lowest BCUT2D eigenvalue weighted by atomic mass is 10.1. The average Bonchev–Trinajstić information content (AvgIpc) is 3.23. The van der Waals surface area contributed by atoms with Gasteiger partial charge in [0.15, 0.2) is 0 Å². The Morgan fingerprint density at radius 1 is 1.27 bits per heavy atom. The van der Waals surface area contributed by atoms with Crippen LogP contribution in [-0.4, -0.2) is 64.6 Å². The lowest BCUT2D eigenvalue weighted by Crippen LogP contribution is -2.34. The van der Waals surface area contributed by atoms with Gasteiger partial charge in [0.05, 0.1) is 25.2 Å². The highest BCUT2D eigenvalue weighted by Gasteiger charge is 2.39. The summed E-state index contributed by atoms with van der Waals surface area (Å²) in [5.41, 5.74) is 3.37. The zero-order valence-corrected chi connectivity index (χ0v) is 15.2. The van der Waals surface area contributed by atoms with Gasteiger partial charge in [0.2, 0.25) is 0 Å². The molecule has 0 radical (unpaired) electrons. The summed E-state index contributed by atoms with van der Waals surface area (Å²) in [7, 11) is 0. The van der Waals surface area contributed by atoms with Gasteiger partial charge in [-0.2, -0.15) is 0 Å². The molecular formula is C19H24N4O3. The van der Waals surface area contributed by atoms with E-state index < -0.39 is 0 Å². The fraction of sp³-hybridized carbons (Fsp3) is 0.526. The minimum atomic E-state index is -0.0222. The monoisotopic (exact) mass is 356 g/mol. The van der Waals surface area contributed by atoms with E-state index in [0.717, 1.165) is 30.9 Å². The van der Waals surface area contributed by atoms with Crippen molar-refractivity contribution < 1.29 is 13.9 Å². The maximum atomic E-state index is 12.9. The molecule has 0 unspecified atom stereocenters. The summed E-state index contributed by atoms with van der Waals surface area (Å²) in [5.74, 6) is 0.294. The first kappa shape index (κ1) is 17.2. The Labute approximate surface area is 153 Å². The summed E-state index contributed by atoms with van der Waals surface area (Å²) in [6, 6.07) is 1.99. The van der Waals surface area contributed by atoms with E-state index in [9.17, 15) is 4.79 Å². The number of fused-ring (bicyclic) bond motifs is 1. The van der Waals surface area contributed by atoms with Gasteiger partial charge in [-0.1, -0.05) is 0 Å². The van der Waals surface area contributed by atoms with E-state index in [0.29, 0.717) is 31.3 Å². The molecule has 7 heteroatoms. The number of ether oxygens (including phenoxy) is 1. The zero-order chi connectivity index (χ0) is 18.1. The number of carbonyl (C=O) groups excluding carboxylic acids is 1. The van der Waals surface area contributed by atoms with Crippen molar-refractivity contribution in [1.29, 1.82) is 0 Å². The van der Waals surface area contributed by atoms with Crippen LogP contribution in [0.15, 0.2) is 29.3 Å². The van der Waals surface area contributed by atoms with Gasteiger partial charge in [0.1, 0.15) is 12.0 Å². The number of furan rings is 1. The first-order valence-corrected chi connectivity index (χ1v) is 9.04. The highest BCUT2D eigenvalue weighted by Crippen LogP contribution is 2.26. The Morgan fingerprint density at radius 3 is 2.96 bits per heavy atom. The third-order valence-corrected chi connectivity index (χ3v) is 5.43. The van der Waals surface area contributed by atoms with Gasteiger partial charge >= 0.3 is 0 Å². The van der Waals surface area contributed by atoms with E-state index in [1.54, 1.807) is 12.5 Å². The van der Waals surface area contributed by atoms with E-state index in [1.807, 2.05) is 24.8 Å². The van der Waals surface area contributed by atoms with Gasteiger partial charge in [-0.05, 0) is 19.9 Å². The number of hydrogen-bond acceptors (Lipinski definition) is 6.